The van der Waals surface area contributed by atoms with Crippen LogP contribution in [-0.2, 0) is 9.84 Å². The quantitative estimate of drug-likeness (QED) is 0.499. The predicted octanol–water partition coefficient (Wildman–Crippen LogP) is 3.64. The summed E-state index contributed by atoms with van der Waals surface area (Å²) >= 11 is 6.34. The van der Waals surface area contributed by atoms with Crippen LogP contribution in [0, 0.1) is 6.92 Å². The van der Waals surface area contributed by atoms with E-state index in [0.717, 1.165) is 17.3 Å². The summed E-state index contributed by atoms with van der Waals surface area (Å²) in [4.78, 5) is 28.3. The van der Waals surface area contributed by atoms with Crippen molar-refractivity contribution in [1.29, 1.82) is 0 Å². The van der Waals surface area contributed by atoms with Gasteiger partial charge in [0, 0.05) is 29.9 Å². The second kappa shape index (κ2) is 7.51. The molecule has 1 amide bonds. The maximum Gasteiger partial charge on any atom is 0.257 e. The molecule has 0 aliphatic heterocycles. The van der Waals surface area contributed by atoms with Gasteiger partial charge in [0.15, 0.2) is 20.5 Å². The van der Waals surface area contributed by atoms with Crippen molar-refractivity contribution in [1.82, 2.24) is 19.9 Å². The summed E-state index contributed by atoms with van der Waals surface area (Å²) in [6.45, 7) is 1.94. The van der Waals surface area contributed by atoms with Gasteiger partial charge in [-0.3, -0.25) is 4.79 Å². The van der Waals surface area contributed by atoms with Gasteiger partial charge in [-0.25, -0.2) is 23.4 Å². The monoisotopic (exact) mass is 441 g/mol. The van der Waals surface area contributed by atoms with Gasteiger partial charge in [0.2, 0.25) is 0 Å². The van der Waals surface area contributed by atoms with Crippen molar-refractivity contribution in [2.24, 2.45) is 0 Å². The number of amides is 1. The third-order valence-electron chi connectivity index (χ3n) is 4.33. The van der Waals surface area contributed by atoms with Crippen LogP contribution in [0.15, 0.2) is 53.8 Å². The molecule has 10 heteroatoms. The smallest absolute Gasteiger partial charge is 0.257 e. The molecule has 2 N–H and O–H groups in total. The third kappa shape index (κ3) is 4.03. The first-order valence-electron chi connectivity index (χ1n) is 8.80. The number of aryl methyl sites for hydroxylation is 1. The van der Waals surface area contributed by atoms with Crippen LogP contribution < -0.4 is 5.32 Å². The Hall–Kier alpha value is -3.30. The molecule has 0 unspecified atom stereocenters. The van der Waals surface area contributed by atoms with E-state index in [1.807, 2.05) is 13.0 Å². The molecule has 0 spiro atoms. The summed E-state index contributed by atoms with van der Waals surface area (Å²) in [6.07, 6.45) is 4.00. The zero-order valence-corrected chi connectivity index (χ0v) is 17.5. The first-order chi connectivity index (χ1) is 14.2. The number of aromatic amines is 1. The van der Waals surface area contributed by atoms with Crippen LogP contribution in [0.1, 0.15) is 15.9 Å². The number of benzene rings is 1. The fourth-order valence-electron chi connectivity index (χ4n) is 2.85. The van der Waals surface area contributed by atoms with Gasteiger partial charge >= 0.3 is 0 Å². The number of pyridine rings is 2. The molecule has 0 saturated carbocycles. The molecule has 1 aromatic carbocycles. The number of nitrogens with one attached hydrogen (secondary N) is 2. The van der Waals surface area contributed by atoms with Crippen molar-refractivity contribution in [2.75, 3.05) is 11.6 Å². The number of carbonyl (C=O) groups excluding carboxylic acids is 1. The second-order valence-electron chi connectivity index (χ2n) is 6.78. The van der Waals surface area contributed by atoms with Gasteiger partial charge in [-0.2, -0.15) is 0 Å². The van der Waals surface area contributed by atoms with E-state index in [2.05, 4.69) is 25.3 Å². The average Bonchev–Trinajstić information content (AvgIpc) is 3.11. The van der Waals surface area contributed by atoms with Gasteiger partial charge in [-0.1, -0.05) is 11.6 Å². The van der Waals surface area contributed by atoms with E-state index in [4.69, 9.17) is 11.6 Å². The van der Waals surface area contributed by atoms with Crippen LogP contribution >= 0.6 is 11.6 Å². The molecule has 8 nitrogen and oxygen atoms in total. The maximum atomic E-state index is 12.5. The number of aromatic nitrogens is 4. The molecule has 4 rings (SSSR count). The van der Waals surface area contributed by atoms with E-state index < -0.39 is 15.7 Å². The summed E-state index contributed by atoms with van der Waals surface area (Å²) in [5.74, 6) is 0.0982. The summed E-state index contributed by atoms with van der Waals surface area (Å²) in [5, 5.41) is 3.12. The van der Waals surface area contributed by atoms with Crippen LogP contribution in [0.5, 0.6) is 0 Å². The number of halogens is 1. The van der Waals surface area contributed by atoms with Crippen molar-refractivity contribution in [2.45, 2.75) is 11.9 Å². The Bertz CT molecular complexity index is 1380. The fraction of sp³-hybridized carbons (Fsp3) is 0.100. The highest BCUT2D eigenvalue weighted by atomic mass is 35.5. The van der Waals surface area contributed by atoms with Crippen LogP contribution in [0.25, 0.3) is 22.6 Å². The lowest BCUT2D eigenvalue weighted by Gasteiger charge is -2.08. The Labute approximate surface area is 177 Å². The number of hydrogen-bond acceptors (Lipinski definition) is 6. The van der Waals surface area contributed by atoms with Gasteiger partial charge in [-0.05, 0) is 48.9 Å². The molecular formula is C20H16ClN5O3S. The van der Waals surface area contributed by atoms with E-state index in [1.165, 1.54) is 18.3 Å². The Balaban J connectivity index is 1.62. The Kier molecular flexibility index (Phi) is 5.00. The number of rotatable bonds is 4. The molecule has 0 fully saturated rings. The first-order valence-corrected chi connectivity index (χ1v) is 11.1. The Morgan fingerprint density at radius 1 is 1.10 bits per heavy atom. The van der Waals surface area contributed by atoms with Crippen LogP contribution in [0.2, 0.25) is 5.02 Å². The Morgan fingerprint density at radius 3 is 2.60 bits per heavy atom. The molecule has 0 aliphatic rings. The number of carbonyl (C=O) groups is 1. The van der Waals surface area contributed by atoms with Gasteiger partial charge < -0.3 is 10.3 Å². The summed E-state index contributed by atoms with van der Waals surface area (Å²) in [7, 11) is -3.43. The summed E-state index contributed by atoms with van der Waals surface area (Å²) in [5.41, 5.74) is 3.68. The zero-order chi connectivity index (χ0) is 21.5. The summed E-state index contributed by atoms with van der Waals surface area (Å²) < 4.78 is 23.0. The highest BCUT2D eigenvalue weighted by molar-refractivity contribution is 7.90. The van der Waals surface area contributed by atoms with E-state index in [1.54, 1.807) is 24.4 Å². The van der Waals surface area contributed by atoms with E-state index >= 15 is 0 Å². The number of nitrogens with zero attached hydrogens (tertiary/aromatic N) is 3. The van der Waals surface area contributed by atoms with E-state index in [9.17, 15) is 13.2 Å². The predicted molar refractivity (Wildman–Crippen MR) is 114 cm³/mol. The normalized spacial score (nSPS) is 11.6. The molecular weight excluding hydrogens is 426 g/mol. The van der Waals surface area contributed by atoms with Gasteiger partial charge in [0.05, 0.1) is 16.1 Å². The van der Waals surface area contributed by atoms with Gasteiger partial charge in [-0.15, -0.1) is 0 Å². The van der Waals surface area contributed by atoms with E-state index in [0.29, 0.717) is 27.7 Å². The van der Waals surface area contributed by atoms with Crippen molar-refractivity contribution >= 4 is 44.2 Å². The third-order valence-corrected chi connectivity index (χ3v) is 5.66. The number of fused-ring (bicyclic) bond motifs is 1. The standard InChI is InChI=1S/C20H16ClN5O3S/c1-11-7-16-19(23-9-11)26-18(25-16)14-8-13(4-5-15(14)21)24-20(27)12-3-6-17(22-10-12)30(2,28)29/h3-10H,1-2H3,(H,24,27)(H,23,25,26). The highest BCUT2D eigenvalue weighted by Gasteiger charge is 2.14. The molecule has 3 aromatic heterocycles. The van der Waals surface area contributed by atoms with Crippen LogP contribution in [0.4, 0.5) is 5.69 Å². The lowest BCUT2D eigenvalue weighted by Crippen LogP contribution is -2.13. The second-order valence-corrected chi connectivity index (χ2v) is 9.15. The van der Waals surface area contributed by atoms with Crippen molar-refractivity contribution in [3.05, 3.63) is 64.9 Å². The SMILES string of the molecule is Cc1cnc2nc(-c3cc(NC(=O)c4ccc(S(C)(=O)=O)nc4)ccc3Cl)[nH]c2c1. The number of hydrogen-bond donors (Lipinski definition) is 2. The fourth-order valence-corrected chi connectivity index (χ4v) is 3.62. The largest absolute Gasteiger partial charge is 0.337 e. The first kappa shape index (κ1) is 20.0. The summed E-state index contributed by atoms with van der Waals surface area (Å²) in [6, 6.07) is 9.65. The average molecular weight is 442 g/mol. The van der Waals surface area contributed by atoms with E-state index in [-0.39, 0.29) is 10.6 Å². The molecule has 4 aromatic rings. The van der Waals surface area contributed by atoms with Gasteiger partial charge in [0.25, 0.3) is 5.91 Å². The van der Waals surface area contributed by atoms with Crippen molar-refractivity contribution in [3.8, 4) is 11.4 Å². The highest BCUT2D eigenvalue weighted by Crippen LogP contribution is 2.30. The molecule has 30 heavy (non-hydrogen) atoms. The maximum absolute atomic E-state index is 12.5. The molecule has 0 atom stereocenters. The number of H-pyrrole nitrogens is 1. The molecule has 152 valence electrons. The number of sulfone groups is 1. The van der Waals surface area contributed by atoms with Gasteiger partial charge in [0.1, 0.15) is 5.82 Å². The lowest BCUT2D eigenvalue weighted by atomic mass is 10.1. The van der Waals surface area contributed by atoms with Crippen molar-refractivity contribution in [3.63, 3.8) is 0 Å². The molecule has 0 radical (unpaired) electrons. The zero-order valence-electron chi connectivity index (χ0n) is 16.0. The lowest BCUT2D eigenvalue weighted by molar-refractivity contribution is 0.102. The number of imidazole rings is 1. The molecule has 0 saturated heterocycles. The molecule has 0 aliphatic carbocycles. The minimum Gasteiger partial charge on any atom is -0.337 e. The minimum atomic E-state index is -3.43. The minimum absolute atomic E-state index is 0.0958. The van der Waals surface area contributed by atoms with Crippen molar-refractivity contribution < 1.29 is 13.2 Å². The number of anilines is 1. The molecule has 0 bridgehead atoms. The Morgan fingerprint density at radius 2 is 1.90 bits per heavy atom. The topological polar surface area (TPSA) is 118 Å². The van der Waals surface area contributed by atoms with Crippen LogP contribution in [-0.4, -0.2) is 40.5 Å². The molecule has 3 heterocycles. The van der Waals surface area contributed by atoms with Crippen LogP contribution in [0.3, 0.4) is 0 Å².